The van der Waals surface area contributed by atoms with E-state index in [1.54, 1.807) is 11.8 Å². The van der Waals surface area contributed by atoms with Crippen molar-refractivity contribution in [1.82, 2.24) is 4.90 Å². The number of amides is 1. The van der Waals surface area contributed by atoms with E-state index in [1.165, 1.54) is 12.1 Å². The molecule has 0 aromatic heterocycles. The third-order valence-corrected chi connectivity index (χ3v) is 3.96. The fourth-order valence-corrected chi connectivity index (χ4v) is 2.53. The third-order valence-electron chi connectivity index (χ3n) is 3.96. The van der Waals surface area contributed by atoms with Crippen LogP contribution in [0.2, 0.25) is 0 Å². The Hall–Kier alpha value is -1.62. The molecule has 2 atom stereocenters. The van der Waals surface area contributed by atoms with Crippen LogP contribution < -0.4 is 5.73 Å². The summed E-state index contributed by atoms with van der Waals surface area (Å²) in [4.78, 5) is 14.0. The average molecular weight is 266 g/mol. The highest BCUT2D eigenvalue weighted by Crippen LogP contribution is 2.26. The number of halogens is 1. The second-order valence-electron chi connectivity index (χ2n) is 5.19. The maximum absolute atomic E-state index is 13.6. The van der Waals surface area contributed by atoms with Gasteiger partial charge in [-0.15, -0.1) is 0 Å². The number of likely N-dealkylation sites (tertiary alicyclic amines) is 1. The van der Waals surface area contributed by atoms with Crippen LogP contribution in [0.5, 0.6) is 0 Å². The number of nitrogens with zero attached hydrogens (tertiary/aromatic N) is 1. The number of nitrogens with two attached hydrogens (primary N) is 1. The molecule has 0 aliphatic carbocycles. The molecule has 1 aromatic rings. The maximum Gasteiger partial charge on any atom is 0.254 e. The van der Waals surface area contributed by atoms with Gasteiger partial charge in [0.05, 0.1) is 12.6 Å². The smallest absolute Gasteiger partial charge is 0.254 e. The van der Waals surface area contributed by atoms with Gasteiger partial charge in [-0.3, -0.25) is 4.79 Å². The number of hydrogen-bond donors (Lipinski definition) is 2. The largest absolute Gasteiger partial charge is 0.398 e. The molecule has 0 saturated carbocycles. The zero-order valence-corrected chi connectivity index (χ0v) is 11.2. The van der Waals surface area contributed by atoms with Crippen LogP contribution in [0.3, 0.4) is 0 Å². The van der Waals surface area contributed by atoms with Gasteiger partial charge < -0.3 is 15.7 Å². The summed E-state index contributed by atoms with van der Waals surface area (Å²) in [6.07, 6.45) is 0.848. The van der Waals surface area contributed by atoms with E-state index in [2.05, 4.69) is 0 Å². The van der Waals surface area contributed by atoms with Gasteiger partial charge in [-0.05, 0) is 31.4 Å². The van der Waals surface area contributed by atoms with Crippen molar-refractivity contribution >= 4 is 11.6 Å². The minimum atomic E-state index is -0.476. The van der Waals surface area contributed by atoms with E-state index in [-0.39, 0.29) is 35.7 Å². The molecule has 1 saturated heterocycles. The molecule has 0 spiro atoms. The third kappa shape index (κ3) is 2.42. The number of nitrogen functional groups attached to an aromatic ring is 1. The fourth-order valence-electron chi connectivity index (χ4n) is 2.53. The summed E-state index contributed by atoms with van der Waals surface area (Å²) in [6.45, 7) is 4.09. The zero-order valence-electron chi connectivity index (χ0n) is 11.2. The molecule has 2 unspecified atom stereocenters. The van der Waals surface area contributed by atoms with Crippen LogP contribution in [-0.2, 0) is 0 Å². The normalized spacial score (nSPS) is 22.8. The molecule has 3 N–H and O–H groups in total. The molecule has 1 aromatic carbocycles. The van der Waals surface area contributed by atoms with E-state index < -0.39 is 5.82 Å². The standard InChI is InChI=1S/C14H19FN2O2/c1-8-3-4-17(13(8)7-18)14(19)10-5-11(15)9(2)12(16)6-10/h5-6,8,13,18H,3-4,7,16H2,1-2H3. The van der Waals surface area contributed by atoms with Crippen molar-refractivity contribution in [1.29, 1.82) is 0 Å². The summed E-state index contributed by atoms with van der Waals surface area (Å²) in [7, 11) is 0. The predicted molar refractivity (Wildman–Crippen MR) is 71.2 cm³/mol. The molecule has 104 valence electrons. The highest BCUT2D eigenvalue weighted by atomic mass is 19.1. The highest BCUT2D eigenvalue weighted by Gasteiger charge is 2.34. The molecule has 0 radical (unpaired) electrons. The Morgan fingerprint density at radius 1 is 1.58 bits per heavy atom. The van der Waals surface area contributed by atoms with Crippen LogP contribution in [0.4, 0.5) is 10.1 Å². The van der Waals surface area contributed by atoms with E-state index in [1.807, 2.05) is 6.92 Å². The number of aliphatic hydroxyl groups excluding tert-OH is 1. The van der Waals surface area contributed by atoms with Crippen molar-refractivity contribution in [3.63, 3.8) is 0 Å². The minimum absolute atomic E-state index is 0.0727. The van der Waals surface area contributed by atoms with Crippen LogP contribution in [0.25, 0.3) is 0 Å². The van der Waals surface area contributed by atoms with E-state index in [4.69, 9.17) is 5.73 Å². The predicted octanol–water partition coefficient (Wildman–Crippen LogP) is 1.56. The Bertz CT molecular complexity index is 481. The van der Waals surface area contributed by atoms with Crippen LogP contribution in [0.15, 0.2) is 12.1 Å². The summed E-state index contributed by atoms with van der Waals surface area (Å²) in [5, 5.41) is 9.36. The van der Waals surface area contributed by atoms with Crippen molar-refractivity contribution in [2.24, 2.45) is 5.92 Å². The van der Waals surface area contributed by atoms with Crippen LogP contribution in [-0.4, -0.2) is 35.1 Å². The molecular formula is C14H19FN2O2. The van der Waals surface area contributed by atoms with Crippen molar-refractivity contribution in [3.05, 3.63) is 29.1 Å². The molecule has 4 nitrogen and oxygen atoms in total. The van der Waals surface area contributed by atoms with Gasteiger partial charge in [0.1, 0.15) is 5.82 Å². The van der Waals surface area contributed by atoms with Gasteiger partial charge >= 0.3 is 0 Å². The first-order valence-corrected chi connectivity index (χ1v) is 6.43. The molecule has 0 bridgehead atoms. The summed E-state index contributed by atoms with van der Waals surface area (Å²) in [5.41, 5.74) is 6.56. The number of carbonyl (C=O) groups excluding carboxylic acids is 1. The Morgan fingerprint density at radius 2 is 2.26 bits per heavy atom. The minimum Gasteiger partial charge on any atom is -0.398 e. The van der Waals surface area contributed by atoms with Crippen LogP contribution >= 0.6 is 0 Å². The van der Waals surface area contributed by atoms with Gasteiger partial charge in [0.15, 0.2) is 0 Å². The van der Waals surface area contributed by atoms with Crippen LogP contribution in [0, 0.1) is 18.7 Å². The number of aliphatic hydroxyl groups is 1. The fraction of sp³-hybridized carbons (Fsp3) is 0.500. The average Bonchev–Trinajstić information content (AvgIpc) is 2.75. The summed E-state index contributed by atoms with van der Waals surface area (Å²) < 4.78 is 13.6. The SMILES string of the molecule is Cc1c(N)cc(C(=O)N2CCC(C)C2CO)cc1F. The lowest BCUT2D eigenvalue weighted by molar-refractivity contribution is 0.0648. The topological polar surface area (TPSA) is 66.6 Å². The number of rotatable bonds is 2. The number of benzene rings is 1. The maximum atomic E-state index is 13.6. The summed E-state index contributed by atoms with van der Waals surface area (Å²) >= 11 is 0. The molecule has 1 aliphatic rings. The Kier molecular flexibility index (Phi) is 3.75. The molecule has 5 heteroatoms. The molecule has 1 fully saturated rings. The van der Waals surface area contributed by atoms with Crippen molar-refractivity contribution in [2.45, 2.75) is 26.3 Å². The monoisotopic (exact) mass is 266 g/mol. The first-order valence-electron chi connectivity index (χ1n) is 6.43. The van der Waals surface area contributed by atoms with Crippen molar-refractivity contribution in [2.75, 3.05) is 18.9 Å². The van der Waals surface area contributed by atoms with E-state index in [0.29, 0.717) is 12.1 Å². The van der Waals surface area contributed by atoms with Gasteiger partial charge in [0.25, 0.3) is 5.91 Å². The highest BCUT2D eigenvalue weighted by molar-refractivity contribution is 5.95. The molecular weight excluding hydrogens is 247 g/mol. The van der Waals surface area contributed by atoms with Gasteiger partial charge in [0.2, 0.25) is 0 Å². The second-order valence-corrected chi connectivity index (χ2v) is 5.19. The number of carbonyl (C=O) groups is 1. The quantitative estimate of drug-likeness (QED) is 0.798. The number of anilines is 1. The first kappa shape index (κ1) is 13.8. The number of hydrogen-bond acceptors (Lipinski definition) is 3. The van der Waals surface area contributed by atoms with Gasteiger partial charge in [-0.1, -0.05) is 6.92 Å². The summed E-state index contributed by atoms with van der Waals surface area (Å²) in [5.74, 6) is -0.494. The van der Waals surface area contributed by atoms with Gasteiger partial charge in [-0.2, -0.15) is 0 Å². The molecule has 2 rings (SSSR count). The Balaban J connectivity index is 2.30. The van der Waals surface area contributed by atoms with E-state index >= 15 is 0 Å². The van der Waals surface area contributed by atoms with Gasteiger partial charge in [-0.25, -0.2) is 4.39 Å². The van der Waals surface area contributed by atoms with Gasteiger partial charge in [0, 0.05) is 23.4 Å². The first-order chi connectivity index (χ1) is 8.95. The Morgan fingerprint density at radius 3 is 2.84 bits per heavy atom. The van der Waals surface area contributed by atoms with E-state index in [0.717, 1.165) is 6.42 Å². The lowest BCUT2D eigenvalue weighted by atomic mass is 10.0. The zero-order chi connectivity index (χ0) is 14.2. The van der Waals surface area contributed by atoms with Crippen LogP contribution in [0.1, 0.15) is 29.3 Å². The van der Waals surface area contributed by atoms with Crippen molar-refractivity contribution in [3.8, 4) is 0 Å². The molecule has 19 heavy (non-hydrogen) atoms. The molecule has 1 aliphatic heterocycles. The lowest BCUT2D eigenvalue weighted by Gasteiger charge is -2.25. The molecule has 1 amide bonds. The molecule has 1 heterocycles. The summed E-state index contributed by atoms with van der Waals surface area (Å²) in [6, 6.07) is 2.52. The second kappa shape index (κ2) is 5.17. The van der Waals surface area contributed by atoms with Crippen molar-refractivity contribution < 1.29 is 14.3 Å². The lowest BCUT2D eigenvalue weighted by Crippen LogP contribution is -2.39. The Labute approximate surface area is 112 Å². The van der Waals surface area contributed by atoms with E-state index in [9.17, 15) is 14.3 Å².